The minimum Gasteiger partial charge on any atom is -0.502 e. The molecule has 184 valence electrons. The number of phenolic OH excluding ortho intramolecular Hbond substituents is 1. The lowest BCUT2D eigenvalue weighted by molar-refractivity contribution is -0.385. The lowest BCUT2D eigenvalue weighted by Crippen LogP contribution is -2.32. The first kappa shape index (κ1) is 25.6. The first-order chi connectivity index (χ1) is 17.4. The second-order valence-corrected chi connectivity index (χ2v) is 7.50. The molecule has 0 bridgehead atoms. The highest BCUT2D eigenvalue weighted by Gasteiger charge is 2.15. The van der Waals surface area contributed by atoms with Crippen molar-refractivity contribution >= 4 is 29.8 Å². The molecule has 3 rings (SSSR count). The maximum atomic E-state index is 12.9. The van der Waals surface area contributed by atoms with Crippen LogP contribution in [0.4, 0.5) is 5.69 Å². The van der Waals surface area contributed by atoms with Crippen LogP contribution in [0.1, 0.15) is 34.8 Å². The molecule has 3 aromatic rings. The lowest BCUT2D eigenvalue weighted by atomic mass is 10.1. The molecule has 0 aliphatic heterocycles. The van der Waals surface area contributed by atoms with Crippen LogP contribution in [0.3, 0.4) is 0 Å². The number of phenols is 1. The third-order valence-electron chi connectivity index (χ3n) is 4.77. The Kier molecular flexibility index (Phi) is 8.88. The molecule has 0 atom stereocenters. The van der Waals surface area contributed by atoms with Gasteiger partial charge in [0, 0.05) is 17.2 Å². The zero-order valence-electron chi connectivity index (χ0n) is 19.4. The molecule has 0 radical (unpaired) electrons. The monoisotopic (exact) mass is 488 g/mol. The Morgan fingerprint density at radius 1 is 1.06 bits per heavy atom. The summed E-state index contributed by atoms with van der Waals surface area (Å²) in [5.41, 5.74) is 3.01. The maximum absolute atomic E-state index is 12.9. The van der Waals surface area contributed by atoms with Crippen molar-refractivity contribution in [2.24, 2.45) is 5.10 Å². The largest absolute Gasteiger partial charge is 0.502 e. The summed E-state index contributed by atoms with van der Waals surface area (Å²) in [5, 5.41) is 27.0. The van der Waals surface area contributed by atoms with Gasteiger partial charge in [0.2, 0.25) is 0 Å². The van der Waals surface area contributed by atoms with Gasteiger partial charge in [0.15, 0.2) is 5.75 Å². The summed E-state index contributed by atoms with van der Waals surface area (Å²) in [6, 6.07) is 19.1. The third-order valence-corrected chi connectivity index (χ3v) is 4.77. The Morgan fingerprint density at radius 2 is 1.75 bits per heavy atom. The van der Waals surface area contributed by atoms with Crippen molar-refractivity contribution in [1.29, 1.82) is 0 Å². The topological polar surface area (TPSA) is 143 Å². The van der Waals surface area contributed by atoms with Gasteiger partial charge < -0.3 is 15.2 Å². The minimum absolute atomic E-state index is 0.0695. The molecule has 0 saturated carbocycles. The van der Waals surface area contributed by atoms with Gasteiger partial charge in [-0.1, -0.05) is 37.3 Å². The smallest absolute Gasteiger partial charge is 0.311 e. The predicted molar refractivity (Wildman–Crippen MR) is 135 cm³/mol. The standard InChI is InChI=1S/C26H24N4O6/c1-2-14-36-21-11-8-18(9-12-21)15-22(28-25(32)20-6-4-3-5-7-20)26(33)29-27-17-19-10-13-24(31)23(16-19)30(34)35/h3-13,15-17,31H,2,14H2,1H3,(H,28,32)(H,29,33)/b22-15-,27-17-. The molecule has 0 aliphatic carbocycles. The Hall–Kier alpha value is -4.99. The number of ether oxygens (including phenoxy) is 1. The molecular formula is C26H24N4O6. The molecule has 0 aliphatic rings. The number of nitro benzene ring substituents is 1. The van der Waals surface area contributed by atoms with E-state index in [1.54, 1.807) is 54.6 Å². The number of rotatable bonds is 10. The van der Waals surface area contributed by atoms with E-state index in [2.05, 4.69) is 15.8 Å². The van der Waals surface area contributed by atoms with E-state index in [4.69, 9.17) is 4.74 Å². The number of carbonyl (C=O) groups is 2. The summed E-state index contributed by atoms with van der Waals surface area (Å²) in [7, 11) is 0. The number of amides is 2. The zero-order chi connectivity index (χ0) is 25.9. The Bertz CT molecular complexity index is 1290. The number of nitrogens with one attached hydrogen (secondary N) is 2. The van der Waals surface area contributed by atoms with E-state index in [9.17, 15) is 24.8 Å². The van der Waals surface area contributed by atoms with Gasteiger partial charge in [0.25, 0.3) is 11.8 Å². The second kappa shape index (κ2) is 12.5. The van der Waals surface area contributed by atoms with E-state index < -0.39 is 28.2 Å². The van der Waals surface area contributed by atoms with Crippen LogP contribution in [0.5, 0.6) is 11.5 Å². The summed E-state index contributed by atoms with van der Waals surface area (Å²) in [6.07, 6.45) is 3.54. The van der Waals surface area contributed by atoms with Gasteiger partial charge in [-0.05, 0) is 54.5 Å². The highest BCUT2D eigenvalue weighted by Crippen LogP contribution is 2.25. The quantitative estimate of drug-likeness (QED) is 0.170. The maximum Gasteiger partial charge on any atom is 0.311 e. The molecule has 3 N–H and O–H groups in total. The van der Waals surface area contributed by atoms with Crippen LogP contribution in [0.2, 0.25) is 0 Å². The van der Waals surface area contributed by atoms with Crippen molar-refractivity contribution in [2.45, 2.75) is 13.3 Å². The number of hydrogen-bond acceptors (Lipinski definition) is 7. The first-order valence-electron chi connectivity index (χ1n) is 11.0. The number of hydrogen-bond donors (Lipinski definition) is 3. The van der Waals surface area contributed by atoms with E-state index in [0.29, 0.717) is 23.5 Å². The Labute approximate surface area is 207 Å². The molecule has 0 fully saturated rings. The van der Waals surface area contributed by atoms with Gasteiger partial charge in [0.05, 0.1) is 17.7 Å². The van der Waals surface area contributed by atoms with Crippen LogP contribution >= 0.6 is 0 Å². The van der Waals surface area contributed by atoms with Gasteiger partial charge in [0.1, 0.15) is 11.4 Å². The van der Waals surface area contributed by atoms with Crippen molar-refractivity contribution in [1.82, 2.24) is 10.7 Å². The Balaban J connectivity index is 1.80. The first-order valence-corrected chi connectivity index (χ1v) is 11.0. The molecule has 0 unspecified atom stereocenters. The van der Waals surface area contributed by atoms with Gasteiger partial charge in [-0.25, -0.2) is 5.43 Å². The zero-order valence-corrected chi connectivity index (χ0v) is 19.4. The van der Waals surface area contributed by atoms with E-state index in [1.807, 2.05) is 6.92 Å². The second-order valence-electron chi connectivity index (χ2n) is 7.50. The molecule has 0 saturated heterocycles. The van der Waals surface area contributed by atoms with Crippen molar-refractivity contribution in [2.75, 3.05) is 6.61 Å². The van der Waals surface area contributed by atoms with E-state index in [1.165, 1.54) is 18.4 Å². The normalized spacial score (nSPS) is 11.2. The van der Waals surface area contributed by atoms with Gasteiger partial charge in [-0.3, -0.25) is 19.7 Å². The predicted octanol–water partition coefficient (Wildman–Crippen LogP) is 4.01. The summed E-state index contributed by atoms with van der Waals surface area (Å²) >= 11 is 0. The fraction of sp³-hybridized carbons (Fsp3) is 0.115. The molecule has 10 heteroatoms. The number of hydrazone groups is 1. The fourth-order valence-corrected chi connectivity index (χ4v) is 2.98. The van der Waals surface area contributed by atoms with Gasteiger partial charge in [-0.2, -0.15) is 5.10 Å². The minimum atomic E-state index is -0.732. The summed E-state index contributed by atoms with van der Waals surface area (Å²) in [6.45, 7) is 2.58. The average molecular weight is 489 g/mol. The van der Waals surface area contributed by atoms with Crippen molar-refractivity contribution < 1.29 is 24.4 Å². The van der Waals surface area contributed by atoms with Crippen LogP contribution in [0, 0.1) is 10.1 Å². The number of carbonyl (C=O) groups excluding carboxylic acids is 2. The van der Waals surface area contributed by atoms with Crippen LogP contribution in [0.15, 0.2) is 83.6 Å². The summed E-state index contributed by atoms with van der Waals surface area (Å²) in [5.74, 6) is -1.00. The third kappa shape index (κ3) is 7.26. The molecule has 2 amide bonds. The number of aromatic hydroxyl groups is 1. The van der Waals surface area contributed by atoms with Crippen molar-refractivity contribution in [3.05, 3.63) is 105 Å². The highest BCUT2D eigenvalue weighted by atomic mass is 16.6. The van der Waals surface area contributed by atoms with Gasteiger partial charge in [-0.15, -0.1) is 0 Å². The van der Waals surface area contributed by atoms with Gasteiger partial charge >= 0.3 is 5.69 Å². The molecule has 0 spiro atoms. The van der Waals surface area contributed by atoms with E-state index >= 15 is 0 Å². The fourth-order valence-electron chi connectivity index (χ4n) is 2.98. The van der Waals surface area contributed by atoms with E-state index in [-0.39, 0.29) is 11.3 Å². The molecular weight excluding hydrogens is 464 g/mol. The number of benzene rings is 3. The van der Waals surface area contributed by atoms with Crippen LogP contribution in [0.25, 0.3) is 6.08 Å². The van der Waals surface area contributed by atoms with Crippen LogP contribution < -0.4 is 15.5 Å². The molecule has 10 nitrogen and oxygen atoms in total. The summed E-state index contributed by atoms with van der Waals surface area (Å²) in [4.78, 5) is 35.8. The molecule has 3 aromatic carbocycles. The molecule has 36 heavy (non-hydrogen) atoms. The number of nitrogens with zero attached hydrogens (tertiary/aromatic N) is 2. The van der Waals surface area contributed by atoms with Crippen molar-refractivity contribution in [3.8, 4) is 11.5 Å². The van der Waals surface area contributed by atoms with Crippen LogP contribution in [-0.2, 0) is 4.79 Å². The highest BCUT2D eigenvalue weighted by molar-refractivity contribution is 6.05. The lowest BCUT2D eigenvalue weighted by Gasteiger charge is -2.10. The number of nitro groups is 1. The SMILES string of the molecule is CCCOc1ccc(/C=C(\NC(=O)c2ccccc2)C(=O)N/N=C\c2ccc(O)c([N+](=O)[O-])c2)cc1. The molecule has 0 aromatic heterocycles. The average Bonchev–Trinajstić information content (AvgIpc) is 2.89. The Morgan fingerprint density at radius 3 is 2.42 bits per heavy atom. The summed E-state index contributed by atoms with van der Waals surface area (Å²) < 4.78 is 5.56. The van der Waals surface area contributed by atoms with E-state index in [0.717, 1.165) is 18.6 Å². The van der Waals surface area contributed by atoms with Crippen LogP contribution in [-0.4, -0.2) is 34.7 Å². The van der Waals surface area contributed by atoms with Crippen molar-refractivity contribution in [3.63, 3.8) is 0 Å². The molecule has 0 heterocycles.